The molecule has 4 heterocycles. The number of amides is 1. The van der Waals surface area contributed by atoms with Crippen LogP contribution in [0.5, 0.6) is 0 Å². The van der Waals surface area contributed by atoms with E-state index in [1.807, 2.05) is 17.6 Å². The number of hydrogen-bond donors (Lipinski definition) is 2. The molecule has 0 radical (unpaired) electrons. The van der Waals surface area contributed by atoms with E-state index in [9.17, 15) is 13.2 Å². The van der Waals surface area contributed by atoms with Gasteiger partial charge in [0.1, 0.15) is 0 Å². The van der Waals surface area contributed by atoms with Crippen LogP contribution in [0.4, 0.5) is 0 Å². The number of primary amides is 1. The van der Waals surface area contributed by atoms with Crippen LogP contribution in [0.2, 0.25) is 0 Å². The third kappa shape index (κ3) is 5.68. The molecule has 2 saturated heterocycles. The summed E-state index contributed by atoms with van der Waals surface area (Å²) in [6, 6.07) is 6.30. The van der Waals surface area contributed by atoms with E-state index in [4.69, 9.17) is 10.5 Å². The van der Waals surface area contributed by atoms with Crippen molar-refractivity contribution in [3.05, 3.63) is 46.3 Å². The summed E-state index contributed by atoms with van der Waals surface area (Å²) in [5.41, 5.74) is 10.8. The van der Waals surface area contributed by atoms with Crippen molar-refractivity contribution in [1.82, 2.24) is 14.2 Å². The molecular formula is C26H34N4O4S2. The van der Waals surface area contributed by atoms with Gasteiger partial charge in [-0.3, -0.25) is 9.69 Å². The molecule has 0 atom stereocenters. The van der Waals surface area contributed by atoms with Crippen LogP contribution in [0.1, 0.15) is 36.3 Å². The van der Waals surface area contributed by atoms with Crippen LogP contribution in [0.25, 0.3) is 22.0 Å². The zero-order valence-electron chi connectivity index (χ0n) is 20.4. The molecule has 2 aliphatic rings. The van der Waals surface area contributed by atoms with Crippen molar-refractivity contribution in [2.75, 3.05) is 51.7 Å². The number of ether oxygens (including phenoxy) is 1. The van der Waals surface area contributed by atoms with E-state index >= 15 is 0 Å². The fourth-order valence-corrected chi connectivity index (χ4v) is 7.64. The predicted molar refractivity (Wildman–Crippen MR) is 144 cm³/mol. The number of nitrogens with zero attached hydrogens (tertiary/aromatic N) is 2. The van der Waals surface area contributed by atoms with E-state index in [1.165, 1.54) is 5.56 Å². The quantitative estimate of drug-likeness (QED) is 0.442. The normalized spacial score (nSPS) is 18.7. The van der Waals surface area contributed by atoms with Crippen molar-refractivity contribution in [2.24, 2.45) is 5.73 Å². The maximum Gasteiger partial charge on any atom is 0.221 e. The number of H-pyrrole nitrogens is 1. The summed E-state index contributed by atoms with van der Waals surface area (Å²) in [7, 11) is -3.26. The Labute approximate surface area is 216 Å². The number of carbonyl (C=O) groups excluding carboxylic acids is 1. The van der Waals surface area contributed by atoms with Crippen molar-refractivity contribution < 1.29 is 17.9 Å². The third-order valence-electron chi connectivity index (χ3n) is 7.39. The number of sulfonamides is 1. The Morgan fingerprint density at radius 1 is 1.14 bits per heavy atom. The highest BCUT2D eigenvalue weighted by Gasteiger charge is 2.30. The average Bonchev–Trinajstić information content (AvgIpc) is 3.55. The van der Waals surface area contributed by atoms with Crippen molar-refractivity contribution in [1.29, 1.82) is 0 Å². The van der Waals surface area contributed by atoms with Crippen molar-refractivity contribution >= 4 is 38.2 Å². The number of nitrogens with two attached hydrogens (primary N) is 1. The molecule has 1 amide bonds. The molecule has 2 aliphatic heterocycles. The average molecular weight is 531 g/mol. The number of thiophene rings is 1. The lowest BCUT2D eigenvalue weighted by atomic mass is 9.88. The van der Waals surface area contributed by atoms with Gasteiger partial charge in [0.25, 0.3) is 0 Å². The number of aromatic nitrogens is 1. The number of morpholine rings is 1. The minimum Gasteiger partial charge on any atom is -0.379 e. The highest BCUT2D eigenvalue weighted by molar-refractivity contribution is 7.89. The summed E-state index contributed by atoms with van der Waals surface area (Å²) in [5.74, 6) is 0.0996. The van der Waals surface area contributed by atoms with E-state index in [2.05, 4.69) is 27.4 Å². The molecule has 0 saturated carbocycles. The van der Waals surface area contributed by atoms with Gasteiger partial charge in [0.2, 0.25) is 15.9 Å². The first-order valence-corrected chi connectivity index (χ1v) is 15.2. The molecule has 10 heteroatoms. The topological polar surface area (TPSA) is 109 Å². The predicted octanol–water partition coefficient (Wildman–Crippen LogP) is 3.16. The first-order valence-electron chi connectivity index (χ1n) is 12.6. The Kier molecular flexibility index (Phi) is 7.78. The Hall–Kier alpha value is -2.24. The Morgan fingerprint density at radius 2 is 1.92 bits per heavy atom. The van der Waals surface area contributed by atoms with Gasteiger partial charge in [0, 0.05) is 43.3 Å². The molecule has 0 bridgehead atoms. The third-order valence-corrected chi connectivity index (χ3v) is 10.0. The zero-order chi connectivity index (χ0) is 25.1. The van der Waals surface area contributed by atoms with Crippen LogP contribution in [-0.2, 0) is 26.0 Å². The first-order chi connectivity index (χ1) is 17.4. The maximum absolute atomic E-state index is 13.0. The number of aromatic amines is 1. The SMILES string of the molecule is NC(=O)Cc1cc(-c2ccsc2)cc2c(C3CCN(S(=O)(=O)CCCN4CCOCC4)CC3)c[nH]c12. The van der Waals surface area contributed by atoms with Crippen LogP contribution in [0.3, 0.4) is 0 Å². The van der Waals surface area contributed by atoms with Crippen molar-refractivity contribution in [3.8, 4) is 11.1 Å². The molecule has 0 aliphatic carbocycles. The molecule has 0 unspecified atom stereocenters. The van der Waals surface area contributed by atoms with Gasteiger partial charge in [-0.2, -0.15) is 11.3 Å². The second kappa shape index (κ2) is 11.0. The molecular weight excluding hydrogens is 496 g/mol. The van der Waals surface area contributed by atoms with Crippen LogP contribution >= 0.6 is 11.3 Å². The Bertz CT molecular complexity index is 1290. The van der Waals surface area contributed by atoms with Gasteiger partial charge >= 0.3 is 0 Å². The molecule has 3 aromatic rings. The highest BCUT2D eigenvalue weighted by Crippen LogP contribution is 2.37. The molecule has 194 valence electrons. The minimum atomic E-state index is -3.26. The number of fused-ring (bicyclic) bond motifs is 1. The number of benzene rings is 1. The summed E-state index contributed by atoms with van der Waals surface area (Å²) >= 11 is 1.64. The van der Waals surface area contributed by atoms with Crippen LogP contribution < -0.4 is 5.73 Å². The molecule has 8 nitrogen and oxygen atoms in total. The lowest BCUT2D eigenvalue weighted by molar-refractivity contribution is -0.117. The molecule has 5 rings (SSSR count). The van der Waals surface area contributed by atoms with Crippen molar-refractivity contribution in [2.45, 2.75) is 31.6 Å². The molecule has 2 aromatic heterocycles. The first kappa shape index (κ1) is 25.4. The summed E-state index contributed by atoms with van der Waals surface area (Å²) < 4.78 is 33.0. The fraction of sp³-hybridized carbons (Fsp3) is 0.500. The van der Waals surface area contributed by atoms with Gasteiger partial charge in [0.05, 0.1) is 25.4 Å². The second-order valence-corrected chi connectivity index (χ2v) is 12.6. The Balaban J connectivity index is 1.28. The van der Waals surface area contributed by atoms with Crippen LogP contribution in [0, 0.1) is 0 Å². The summed E-state index contributed by atoms with van der Waals surface area (Å²) in [6.45, 7) is 5.09. The van der Waals surface area contributed by atoms with Gasteiger partial charge < -0.3 is 15.5 Å². The van der Waals surface area contributed by atoms with Crippen LogP contribution in [-0.4, -0.2) is 80.2 Å². The summed E-state index contributed by atoms with van der Waals surface area (Å²) in [6.07, 6.45) is 4.42. The van der Waals surface area contributed by atoms with E-state index in [1.54, 1.807) is 15.6 Å². The Morgan fingerprint density at radius 3 is 2.61 bits per heavy atom. The number of nitrogens with one attached hydrogen (secondary N) is 1. The van der Waals surface area contributed by atoms with E-state index in [-0.39, 0.29) is 24.0 Å². The summed E-state index contributed by atoms with van der Waals surface area (Å²) in [4.78, 5) is 17.4. The maximum atomic E-state index is 13.0. The lowest BCUT2D eigenvalue weighted by Crippen LogP contribution is -2.41. The van der Waals surface area contributed by atoms with Gasteiger partial charge in [-0.1, -0.05) is 0 Å². The molecule has 2 fully saturated rings. The largest absolute Gasteiger partial charge is 0.379 e. The van der Waals surface area contributed by atoms with Crippen LogP contribution in [0.15, 0.2) is 35.2 Å². The number of piperidine rings is 1. The van der Waals surface area contributed by atoms with E-state index in [0.29, 0.717) is 19.5 Å². The number of rotatable bonds is 9. The monoisotopic (exact) mass is 530 g/mol. The zero-order valence-corrected chi connectivity index (χ0v) is 22.1. The minimum absolute atomic E-state index is 0.176. The van der Waals surface area contributed by atoms with Crippen molar-refractivity contribution in [3.63, 3.8) is 0 Å². The second-order valence-electron chi connectivity index (χ2n) is 9.75. The van der Waals surface area contributed by atoms with E-state index in [0.717, 1.165) is 73.3 Å². The molecule has 36 heavy (non-hydrogen) atoms. The lowest BCUT2D eigenvalue weighted by Gasteiger charge is -2.32. The van der Waals surface area contributed by atoms with E-state index < -0.39 is 10.0 Å². The number of carbonyl (C=O) groups is 1. The molecule has 1 aromatic carbocycles. The standard InChI is InChI=1S/C26H34N4O4S2/c27-25(31)16-22-14-21(20-4-12-35-18-20)15-23-24(17-28-26(22)23)19-2-6-30(7-3-19)36(32,33)13-1-5-29-8-10-34-11-9-29/h4,12,14-15,17-19,28H,1-3,5-11,13,16H2,(H2,27,31). The van der Waals surface area contributed by atoms with Gasteiger partial charge in [-0.05, 0) is 82.9 Å². The molecule has 3 N–H and O–H groups in total. The smallest absolute Gasteiger partial charge is 0.221 e. The fourth-order valence-electron chi connectivity index (χ4n) is 5.46. The van der Waals surface area contributed by atoms with Gasteiger partial charge in [-0.15, -0.1) is 0 Å². The summed E-state index contributed by atoms with van der Waals surface area (Å²) in [5, 5.41) is 5.24. The highest BCUT2D eigenvalue weighted by atomic mass is 32.2. The van der Waals surface area contributed by atoms with Gasteiger partial charge in [-0.25, -0.2) is 12.7 Å². The number of hydrogen-bond acceptors (Lipinski definition) is 6. The molecule has 0 spiro atoms. The van der Waals surface area contributed by atoms with Gasteiger partial charge in [0.15, 0.2) is 0 Å².